The van der Waals surface area contributed by atoms with Crippen LogP contribution in [-0.4, -0.2) is 47.2 Å². The number of benzene rings is 1. The number of likely N-dealkylation sites (N-methyl/N-ethyl adjacent to an activating group) is 1. The van der Waals surface area contributed by atoms with Crippen LogP contribution in [0, 0.1) is 0 Å². The summed E-state index contributed by atoms with van der Waals surface area (Å²) in [5.74, 6) is -0.103. The maximum absolute atomic E-state index is 12.7. The highest BCUT2D eigenvalue weighted by molar-refractivity contribution is 5.94. The summed E-state index contributed by atoms with van der Waals surface area (Å²) in [5, 5.41) is 13.6. The van der Waals surface area contributed by atoms with Gasteiger partial charge in [0.15, 0.2) is 5.69 Å². The van der Waals surface area contributed by atoms with Gasteiger partial charge in [0, 0.05) is 37.3 Å². The van der Waals surface area contributed by atoms with E-state index in [1.54, 1.807) is 0 Å². The molecule has 1 aromatic carbocycles. The number of H-pyrrole nitrogens is 1. The third kappa shape index (κ3) is 4.44. The van der Waals surface area contributed by atoms with Crippen molar-refractivity contribution in [3.63, 3.8) is 0 Å². The average molecular weight is 378 g/mol. The lowest BCUT2D eigenvalue weighted by atomic mass is 10.0. The minimum absolute atomic E-state index is 0. The molecule has 0 fully saturated rings. The number of halogens is 1. The lowest BCUT2D eigenvalue weighted by molar-refractivity contribution is 0.0928. The molecule has 2 heterocycles. The topological polar surface area (TPSA) is 73.0 Å². The molecule has 1 amide bonds. The average Bonchev–Trinajstić information content (AvgIpc) is 3.10. The summed E-state index contributed by atoms with van der Waals surface area (Å²) in [6.45, 7) is 8.37. The molecular weight excluding hydrogens is 350 g/mol. The third-order valence-corrected chi connectivity index (χ3v) is 4.91. The molecule has 0 saturated carbocycles. The largest absolute Gasteiger partial charge is 0.349 e. The van der Waals surface area contributed by atoms with Crippen molar-refractivity contribution in [1.82, 2.24) is 25.7 Å². The number of hydrogen-bond donors (Lipinski definition) is 3. The van der Waals surface area contributed by atoms with Crippen LogP contribution in [0.25, 0.3) is 0 Å². The van der Waals surface area contributed by atoms with Crippen LogP contribution in [0.4, 0.5) is 0 Å². The molecule has 1 aliphatic heterocycles. The van der Waals surface area contributed by atoms with Crippen LogP contribution in [0.15, 0.2) is 30.3 Å². The fourth-order valence-corrected chi connectivity index (χ4v) is 3.48. The summed E-state index contributed by atoms with van der Waals surface area (Å²) in [6, 6.07) is 10.5. The van der Waals surface area contributed by atoms with E-state index in [0.29, 0.717) is 18.8 Å². The molecule has 0 spiro atoms. The molecule has 2 aromatic rings. The smallest absolute Gasteiger partial charge is 0.272 e. The van der Waals surface area contributed by atoms with E-state index in [1.807, 2.05) is 18.2 Å². The van der Waals surface area contributed by atoms with E-state index < -0.39 is 0 Å². The normalized spacial score (nSPS) is 14.4. The molecule has 1 aromatic heterocycles. The van der Waals surface area contributed by atoms with Gasteiger partial charge in [-0.3, -0.25) is 14.8 Å². The zero-order valence-corrected chi connectivity index (χ0v) is 16.2. The molecule has 0 bridgehead atoms. The van der Waals surface area contributed by atoms with Crippen LogP contribution in [0.5, 0.6) is 0 Å². The number of hydrogen-bond acceptors (Lipinski definition) is 4. The van der Waals surface area contributed by atoms with Gasteiger partial charge >= 0.3 is 0 Å². The van der Waals surface area contributed by atoms with Crippen LogP contribution >= 0.6 is 12.4 Å². The SMILES string of the molecule is CCN(CC)C(CNC(=O)c1n[nH]c2c1CNCC2)c1ccccc1.Cl. The molecule has 0 saturated heterocycles. The number of fused-ring (bicyclic) bond motifs is 1. The zero-order valence-electron chi connectivity index (χ0n) is 15.4. The van der Waals surface area contributed by atoms with Gasteiger partial charge in [-0.05, 0) is 18.7 Å². The van der Waals surface area contributed by atoms with Crippen LogP contribution in [0.1, 0.15) is 47.2 Å². The second-order valence-corrected chi connectivity index (χ2v) is 6.31. The van der Waals surface area contributed by atoms with Gasteiger partial charge in [0.05, 0.1) is 6.04 Å². The Morgan fingerprint density at radius 1 is 1.27 bits per heavy atom. The molecule has 142 valence electrons. The number of amides is 1. The van der Waals surface area contributed by atoms with Gasteiger partial charge in [0.1, 0.15) is 0 Å². The highest BCUT2D eigenvalue weighted by Crippen LogP contribution is 2.20. The van der Waals surface area contributed by atoms with Gasteiger partial charge in [0.25, 0.3) is 5.91 Å². The lowest BCUT2D eigenvalue weighted by Crippen LogP contribution is -2.38. The quantitative estimate of drug-likeness (QED) is 0.692. The Balaban J connectivity index is 0.00000243. The van der Waals surface area contributed by atoms with Crippen molar-refractivity contribution in [3.05, 3.63) is 52.8 Å². The summed E-state index contributed by atoms with van der Waals surface area (Å²) >= 11 is 0. The van der Waals surface area contributed by atoms with Crippen molar-refractivity contribution in [1.29, 1.82) is 0 Å². The fraction of sp³-hybridized carbons (Fsp3) is 0.474. The van der Waals surface area contributed by atoms with Crippen LogP contribution < -0.4 is 10.6 Å². The Hall–Kier alpha value is -1.89. The van der Waals surface area contributed by atoms with Crippen molar-refractivity contribution in [3.8, 4) is 0 Å². The van der Waals surface area contributed by atoms with E-state index in [4.69, 9.17) is 0 Å². The molecule has 6 nitrogen and oxygen atoms in total. The Labute approximate surface area is 161 Å². The number of carbonyl (C=O) groups is 1. The number of nitrogens with one attached hydrogen (secondary N) is 3. The number of aromatic nitrogens is 2. The Kier molecular flexibility index (Phi) is 7.63. The van der Waals surface area contributed by atoms with Crippen molar-refractivity contribution < 1.29 is 4.79 Å². The Bertz CT molecular complexity index is 699. The molecule has 26 heavy (non-hydrogen) atoms. The third-order valence-electron chi connectivity index (χ3n) is 4.91. The standard InChI is InChI=1S/C19H27N5O.ClH/c1-3-24(4-2)17(14-8-6-5-7-9-14)13-21-19(25)18-15-12-20-11-10-16(15)22-23-18;/h5-9,17,20H,3-4,10-13H2,1-2H3,(H,21,25)(H,22,23);1H. The van der Waals surface area contributed by atoms with Crippen LogP contribution in [0.3, 0.4) is 0 Å². The molecule has 1 unspecified atom stereocenters. The van der Waals surface area contributed by atoms with E-state index in [-0.39, 0.29) is 24.4 Å². The maximum atomic E-state index is 12.7. The maximum Gasteiger partial charge on any atom is 0.272 e. The monoisotopic (exact) mass is 377 g/mol. The number of rotatable bonds is 7. The van der Waals surface area contributed by atoms with E-state index >= 15 is 0 Å². The van der Waals surface area contributed by atoms with E-state index in [2.05, 4.69) is 51.7 Å². The van der Waals surface area contributed by atoms with Crippen molar-refractivity contribution >= 4 is 18.3 Å². The van der Waals surface area contributed by atoms with Gasteiger partial charge in [-0.15, -0.1) is 12.4 Å². The molecule has 3 rings (SSSR count). The predicted octanol–water partition coefficient (Wildman–Crippen LogP) is 2.29. The number of nitrogens with zero attached hydrogens (tertiary/aromatic N) is 2. The zero-order chi connectivity index (χ0) is 17.6. The van der Waals surface area contributed by atoms with Crippen molar-refractivity contribution in [2.75, 3.05) is 26.2 Å². The Morgan fingerprint density at radius 3 is 2.69 bits per heavy atom. The minimum Gasteiger partial charge on any atom is -0.349 e. The molecule has 0 aliphatic carbocycles. The fourth-order valence-electron chi connectivity index (χ4n) is 3.48. The van der Waals surface area contributed by atoms with Gasteiger partial charge < -0.3 is 10.6 Å². The van der Waals surface area contributed by atoms with E-state index in [9.17, 15) is 4.79 Å². The van der Waals surface area contributed by atoms with Gasteiger partial charge in [0.2, 0.25) is 0 Å². The van der Waals surface area contributed by atoms with Gasteiger partial charge in [-0.2, -0.15) is 5.10 Å². The van der Waals surface area contributed by atoms with E-state index in [1.165, 1.54) is 5.56 Å². The van der Waals surface area contributed by atoms with E-state index in [0.717, 1.165) is 37.3 Å². The first-order chi connectivity index (χ1) is 12.2. The second-order valence-electron chi connectivity index (χ2n) is 6.31. The van der Waals surface area contributed by atoms with Gasteiger partial charge in [-0.1, -0.05) is 44.2 Å². The molecule has 0 radical (unpaired) electrons. The predicted molar refractivity (Wildman–Crippen MR) is 106 cm³/mol. The first-order valence-corrected chi connectivity index (χ1v) is 9.08. The highest BCUT2D eigenvalue weighted by Gasteiger charge is 2.23. The number of aromatic amines is 1. The molecule has 1 aliphatic rings. The summed E-state index contributed by atoms with van der Waals surface area (Å²) in [4.78, 5) is 15.0. The highest BCUT2D eigenvalue weighted by atomic mass is 35.5. The lowest BCUT2D eigenvalue weighted by Gasteiger charge is -2.30. The summed E-state index contributed by atoms with van der Waals surface area (Å²) in [6.07, 6.45) is 0.891. The first kappa shape index (κ1) is 20.4. The first-order valence-electron chi connectivity index (χ1n) is 9.08. The Morgan fingerprint density at radius 2 is 2.00 bits per heavy atom. The molecule has 3 N–H and O–H groups in total. The number of carbonyl (C=O) groups excluding carboxylic acids is 1. The molecular formula is C19H28ClN5O. The summed E-state index contributed by atoms with van der Waals surface area (Å²) in [7, 11) is 0. The van der Waals surface area contributed by atoms with Crippen molar-refractivity contribution in [2.45, 2.75) is 32.9 Å². The van der Waals surface area contributed by atoms with Crippen molar-refractivity contribution in [2.24, 2.45) is 0 Å². The van der Waals surface area contributed by atoms with Crippen LogP contribution in [0.2, 0.25) is 0 Å². The molecule has 7 heteroatoms. The van der Waals surface area contributed by atoms with Gasteiger partial charge in [-0.25, -0.2) is 0 Å². The summed E-state index contributed by atoms with van der Waals surface area (Å²) in [5.41, 5.74) is 3.82. The molecule has 1 atom stereocenters. The van der Waals surface area contributed by atoms with Crippen LogP contribution in [-0.2, 0) is 13.0 Å². The second kappa shape index (κ2) is 9.71. The summed E-state index contributed by atoms with van der Waals surface area (Å²) < 4.78 is 0. The minimum atomic E-state index is -0.103.